The number of hydrogen-bond acceptors (Lipinski definition) is 2. The van der Waals surface area contributed by atoms with Crippen LogP contribution in [-0.4, -0.2) is 22.4 Å². The molecule has 17 heavy (non-hydrogen) atoms. The van der Waals surface area contributed by atoms with Gasteiger partial charge in [0.25, 0.3) is 0 Å². The van der Waals surface area contributed by atoms with Gasteiger partial charge in [-0.1, -0.05) is 25.2 Å². The van der Waals surface area contributed by atoms with E-state index in [1.807, 2.05) is 13.0 Å². The Labute approximate surface area is 105 Å². The van der Waals surface area contributed by atoms with Crippen LogP contribution in [0.2, 0.25) is 0 Å². The zero-order valence-electron chi connectivity index (χ0n) is 11.4. The van der Waals surface area contributed by atoms with Crippen LogP contribution in [0.4, 0.5) is 0 Å². The average Bonchev–Trinajstić information content (AvgIpc) is 2.28. The molecule has 0 heterocycles. The van der Waals surface area contributed by atoms with Gasteiger partial charge in [-0.25, -0.2) is 0 Å². The summed E-state index contributed by atoms with van der Waals surface area (Å²) >= 11 is 0. The zero-order valence-corrected chi connectivity index (χ0v) is 11.4. The minimum Gasteiger partial charge on any atom is -0.393 e. The normalized spacial score (nSPS) is 37.2. The minimum atomic E-state index is -0.976. The van der Waals surface area contributed by atoms with Crippen molar-refractivity contribution < 1.29 is 10.2 Å². The molecule has 4 atom stereocenters. The highest BCUT2D eigenvalue weighted by molar-refractivity contribution is 5.13. The molecule has 0 spiro atoms. The summed E-state index contributed by atoms with van der Waals surface area (Å²) in [5.41, 5.74) is 0.246. The first-order valence-corrected chi connectivity index (χ1v) is 6.39. The lowest BCUT2D eigenvalue weighted by atomic mass is 9.60. The van der Waals surface area contributed by atoms with Gasteiger partial charge in [0.2, 0.25) is 0 Å². The lowest BCUT2D eigenvalue weighted by molar-refractivity contribution is -0.0731. The van der Waals surface area contributed by atoms with E-state index in [2.05, 4.69) is 20.1 Å². The van der Waals surface area contributed by atoms with Crippen molar-refractivity contribution in [3.05, 3.63) is 24.8 Å². The van der Waals surface area contributed by atoms with Crippen molar-refractivity contribution in [1.29, 1.82) is 0 Å². The van der Waals surface area contributed by atoms with Crippen molar-refractivity contribution in [2.45, 2.75) is 45.6 Å². The molecule has 2 heteroatoms. The third kappa shape index (κ3) is 2.80. The molecule has 1 fully saturated rings. The molecule has 2 nitrogen and oxygen atoms in total. The largest absolute Gasteiger partial charge is 0.393 e. The third-order valence-corrected chi connectivity index (χ3v) is 4.61. The number of aliphatic hydroxyl groups is 2. The van der Waals surface area contributed by atoms with E-state index < -0.39 is 5.60 Å². The fourth-order valence-electron chi connectivity index (χ4n) is 3.03. The molecular formula is C15H26O2. The highest BCUT2D eigenvalue weighted by Crippen LogP contribution is 2.49. The Morgan fingerprint density at radius 2 is 2.18 bits per heavy atom. The van der Waals surface area contributed by atoms with E-state index in [0.717, 1.165) is 24.8 Å². The van der Waals surface area contributed by atoms with Crippen molar-refractivity contribution >= 4 is 0 Å². The Hall–Kier alpha value is -0.600. The van der Waals surface area contributed by atoms with Gasteiger partial charge in [0, 0.05) is 0 Å². The quantitative estimate of drug-likeness (QED) is 0.739. The highest BCUT2D eigenvalue weighted by atomic mass is 16.3. The van der Waals surface area contributed by atoms with E-state index >= 15 is 0 Å². The van der Waals surface area contributed by atoms with Gasteiger partial charge in [-0.05, 0) is 50.4 Å². The van der Waals surface area contributed by atoms with E-state index in [0.29, 0.717) is 5.92 Å². The first-order chi connectivity index (χ1) is 7.77. The lowest BCUT2D eigenvalue weighted by Gasteiger charge is -2.46. The van der Waals surface area contributed by atoms with E-state index in [1.54, 1.807) is 6.92 Å². The average molecular weight is 238 g/mol. The molecule has 0 aromatic heterocycles. The van der Waals surface area contributed by atoms with Crippen LogP contribution in [-0.2, 0) is 0 Å². The minimum absolute atomic E-state index is 0.0773. The Morgan fingerprint density at radius 1 is 1.59 bits per heavy atom. The first-order valence-electron chi connectivity index (χ1n) is 6.39. The molecule has 0 aliphatic heterocycles. The van der Waals surface area contributed by atoms with Crippen molar-refractivity contribution in [2.24, 2.45) is 17.3 Å². The monoisotopic (exact) mass is 238 g/mol. The standard InChI is InChI=1S/C15H26O2/c1-6-14(4)8-7-12(15(5,17)10-16)9-13(14)11(2)3/h6,12-13,16-17H,1-2,7-10H2,3-5H3/t12-,13+,14-,15?/m1/s1. The first kappa shape index (κ1) is 14.5. The maximum absolute atomic E-state index is 10.2. The number of allylic oxidation sites excluding steroid dienone is 2. The van der Waals surface area contributed by atoms with Crippen LogP contribution in [0.15, 0.2) is 24.8 Å². The molecule has 1 rings (SSSR count). The van der Waals surface area contributed by atoms with Crippen molar-refractivity contribution in [3.8, 4) is 0 Å². The second-order valence-electron chi connectivity index (χ2n) is 6.10. The summed E-state index contributed by atoms with van der Waals surface area (Å²) in [6.07, 6.45) is 4.83. The number of aliphatic hydroxyl groups excluding tert-OH is 1. The van der Waals surface area contributed by atoms with E-state index in [9.17, 15) is 10.2 Å². The number of hydrogen-bond donors (Lipinski definition) is 2. The van der Waals surface area contributed by atoms with E-state index in [1.165, 1.54) is 0 Å². The summed E-state index contributed by atoms with van der Waals surface area (Å²) < 4.78 is 0. The van der Waals surface area contributed by atoms with Crippen LogP contribution in [0.1, 0.15) is 40.0 Å². The summed E-state index contributed by atoms with van der Waals surface area (Å²) in [5, 5.41) is 19.5. The summed E-state index contributed by atoms with van der Waals surface area (Å²) in [4.78, 5) is 0. The van der Waals surface area contributed by atoms with E-state index in [4.69, 9.17) is 0 Å². The molecule has 1 unspecified atom stereocenters. The van der Waals surface area contributed by atoms with Crippen LogP contribution < -0.4 is 0 Å². The van der Waals surface area contributed by atoms with Crippen LogP contribution >= 0.6 is 0 Å². The number of rotatable bonds is 4. The molecule has 0 bridgehead atoms. The molecule has 2 N–H and O–H groups in total. The second-order valence-corrected chi connectivity index (χ2v) is 6.10. The maximum atomic E-state index is 10.2. The molecule has 1 aliphatic rings. The van der Waals surface area contributed by atoms with Crippen LogP contribution in [0, 0.1) is 17.3 Å². The second kappa shape index (κ2) is 4.95. The van der Waals surface area contributed by atoms with Crippen LogP contribution in [0.3, 0.4) is 0 Å². The Bertz CT molecular complexity index is 306. The molecule has 1 aliphatic carbocycles. The van der Waals surface area contributed by atoms with Gasteiger partial charge in [0.05, 0.1) is 12.2 Å². The molecule has 0 radical (unpaired) electrons. The fraction of sp³-hybridized carbons (Fsp3) is 0.733. The van der Waals surface area contributed by atoms with Gasteiger partial charge in [-0.15, -0.1) is 6.58 Å². The summed E-state index contributed by atoms with van der Waals surface area (Å²) in [5.74, 6) is 0.485. The van der Waals surface area contributed by atoms with Crippen molar-refractivity contribution in [3.63, 3.8) is 0 Å². The van der Waals surface area contributed by atoms with Crippen molar-refractivity contribution in [1.82, 2.24) is 0 Å². The molecule has 1 saturated carbocycles. The predicted molar refractivity (Wildman–Crippen MR) is 71.7 cm³/mol. The fourth-order valence-corrected chi connectivity index (χ4v) is 3.03. The summed E-state index contributed by atoms with van der Waals surface area (Å²) in [6.45, 7) is 13.8. The Balaban J connectivity index is 2.90. The van der Waals surface area contributed by atoms with Gasteiger partial charge >= 0.3 is 0 Å². The van der Waals surface area contributed by atoms with E-state index in [-0.39, 0.29) is 17.9 Å². The summed E-state index contributed by atoms with van der Waals surface area (Å²) in [6, 6.07) is 0. The molecule has 0 saturated heterocycles. The maximum Gasteiger partial charge on any atom is 0.0877 e. The highest BCUT2D eigenvalue weighted by Gasteiger charge is 2.43. The van der Waals surface area contributed by atoms with Gasteiger partial charge in [0.15, 0.2) is 0 Å². The van der Waals surface area contributed by atoms with Gasteiger partial charge < -0.3 is 10.2 Å². The Kier molecular flexibility index (Phi) is 4.21. The van der Waals surface area contributed by atoms with Crippen molar-refractivity contribution in [2.75, 3.05) is 6.61 Å². The Morgan fingerprint density at radius 3 is 2.59 bits per heavy atom. The van der Waals surface area contributed by atoms with Crippen LogP contribution in [0.5, 0.6) is 0 Å². The van der Waals surface area contributed by atoms with Crippen LogP contribution in [0.25, 0.3) is 0 Å². The summed E-state index contributed by atoms with van der Waals surface area (Å²) in [7, 11) is 0. The SMILES string of the molecule is C=C[C@]1(C)CC[C@@H](C(C)(O)CO)C[C@H]1C(=C)C. The third-order valence-electron chi connectivity index (χ3n) is 4.61. The van der Waals surface area contributed by atoms with Gasteiger partial charge in [-0.2, -0.15) is 0 Å². The van der Waals surface area contributed by atoms with Gasteiger partial charge in [0.1, 0.15) is 0 Å². The molecule has 98 valence electrons. The predicted octanol–water partition coefficient (Wildman–Crippen LogP) is 2.91. The smallest absolute Gasteiger partial charge is 0.0877 e. The topological polar surface area (TPSA) is 40.5 Å². The van der Waals surface area contributed by atoms with Gasteiger partial charge in [-0.3, -0.25) is 0 Å². The molecule has 0 aromatic rings. The molecular weight excluding hydrogens is 212 g/mol. The molecule has 0 amide bonds. The zero-order chi connectivity index (χ0) is 13.3. The molecule has 0 aromatic carbocycles. The lowest BCUT2D eigenvalue weighted by Crippen LogP contribution is -2.45.